The molecule has 84 valence electrons. The summed E-state index contributed by atoms with van der Waals surface area (Å²) in [4.78, 5) is 11.3. The van der Waals surface area contributed by atoms with E-state index < -0.39 is 17.8 Å². The molecule has 0 heterocycles. The van der Waals surface area contributed by atoms with Crippen LogP contribution in [0.5, 0.6) is 0 Å². The Hall–Kier alpha value is -0.770. The minimum absolute atomic E-state index is 0.246. The van der Waals surface area contributed by atoms with Gasteiger partial charge < -0.3 is 15.2 Å². The van der Waals surface area contributed by atoms with E-state index in [1.54, 1.807) is 27.7 Å². The summed E-state index contributed by atoms with van der Waals surface area (Å²) in [6.07, 6.45) is -0.366. The van der Waals surface area contributed by atoms with E-state index in [-0.39, 0.29) is 6.04 Å². The Kier molecular flexibility index (Phi) is 4.91. The first-order valence-electron chi connectivity index (χ1n) is 4.94. The van der Waals surface area contributed by atoms with Crippen molar-refractivity contribution < 1.29 is 14.6 Å². The van der Waals surface area contributed by atoms with Crippen LogP contribution in [-0.2, 0) is 4.74 Å². The maximum Gasteiger partial charge on any atom is 0.407 e. The van der Waals surface area contributed by atoms with Gasteiger partial charge in [0.25, 0.3) is 0 Å². The van der Waals surface area contributed by atoms with Crippen molar-refractivity contribution in [2.45, 2.75) is 58.8 Å². The highest BCUT2D eigenvalue weighted by atomic mass is 16.6. The molecule has 0 aromatic rings. The third kappa shape index (κ3) is 5.80. The third-order valence-corrected chi connectivity index (χ3v) is 1.72. The van der Waals surface area contributed by atoms with Gasteiger partial charge in [-0.3, -0.25) is 0 Å². The number of aliphatic hydroxyl groups excluding tert-OH is 1. The Labute approximate surface area is 85.6 Å². The van der Waals surface area contributed by atoms with Gasteiger partial charge >= 0.3 is 6.09 Å². The first-order valence-corrected chi connectivity index (χ1v) is 4.94. The third-order valence-electron chi connectivity index (χ3n) is 1.72. The summed E-state index contributed by atoms with van der Waals surface area (Å²) in [5, 5.41) is 11.9. The second kappa shape index (κ2) is 5.20. The van der Waals surface area contributed by atoms with Gasteiger partial charge in [-0.25, -0.2) is 4.79 Å². The zero-order valence-corrected chi connectivity index (χ0v) is 9.63. The maximum absolute atomic E-state index is 11.3. The van der Waals surface area contributed by atoms with Gasteiger partial charge in [0.1, 0.15) is 5.60 Å². The van der Waals surface area contributed by atoms with Gasteiger partial charge in [-0.05, 0) is 34.1 Å². The SMILES string of the molecule is CC[C@@H](NC(=O)OC(C)(C)C)[C@H](C)O. The average Bonchev–Trinajstić information content (AvgIpc) is 1.96. The summed E-state index contributed by atoms with van der Waals surface area (Å²) >= 11 is 0. The smallest absolute Gasteiger partial charge is 0.407 e. The molecule has 0 spiro atoms. The van der Waals surface area contributed by atoms with E-state index in [0.717, 1.165) is 0 Å². The number of hydrogen-bond acceptors (Lipinski definition) is 3. The molecule has 0 aliphatic carbocycles. The molecule has 0 aromatic heterocycles. The van der Waals surface area contributed by atoms with Crippen LogP contribution in [0.4, 0.5) is 4.79 Å². The van der Waals surface area contributed by atoms with E-state index in [1.165, 1.54) is 0 Å². The molecule has 1 amide bonds. The number of aliphatic hydroxyl groups is 1. The fraction of sp³-hybridized carbons (Fsp3) is 0.900. The molecular formula is C10H21NO3. The molecule has 0 unspecified atom stereocenters. The van der Waals surface area contributed by atoms with Crippen LogP contribution in [0.3, 0.4) is 0 Å². The van der Waals surface area contributed by atoms with Crippen LogP contribution in [0.1, 0.15) is 41.0 Å². The fourth-order valence-corrected chi connectivity index (χ4v) is 1.02. The van der Waals surface area contributed by atoms with Crippen molar-refractivity contribution in [1.82, 2.24) is 5.32 Å². The number of alkyl carbamates (subject to hydrolysis) is 1. The predicted molar refractivity (Wildman–Crippen MR) is 55.1 cm³/mol. The molecule has 0 aliphatic rings. The van der Waals surface area contributed by atoms with E-state index in [1.807, 2.05) is 6.92 Å². The molecule has 0 bridgehead atoms. The zero-order chi connectivity index (χ0) is 11.4. The first-order chi connectivity index (χ1) is 6.26. The summed E-state index contributed by atoms with van der Waals surface area (Å²) in [6, 6.07) is -0.246. The molecular weight excluding hydrogens is 182 g/mol. The number of carbonyl (C=O) groups is 1. The van der Waals surface area contributed by atoms with Gasteiger partial charge in [-0.15, -0.1) is 0 Å². The summed E-state index contributed by atoms with van der Waals surface area (Å²) in [5.41, 5.74) is -0.499. The van der Waals surface area contributed by atoms with E-state index >= 15 is 0 Å². The van der Waals surface area contributed by atoms with Crippen LogP contribution in [0.2, 0.25) is 0 Å². The summed E-state index contributed by atoms with van der Waals surface area (Å²) in [6.45, 7) is 8.95. The standard InChI is InChI=1S/C10H21NO3/c1-6-8(7(2)12)11-9(13)14-10(3,4)5/h7-8,12H,6H2,1-5H3,(H,11,13)/t7-,8+/m0/s1. The number of ether oxygens (including phenoxy) is 1. The highest BCUT2D eigenvalue weighted by molar-refractivity contribution is 5.68. The molecule has 2 N–H and O–H groups in total. The van der Waals surface area contributed by atoms with Crippen molar-refractivity contribution in [1.29, 1.82) is 0 Å². The Morgan fingerprint density at radius 3 is 2.29 bits per heavy atom. The molecule has 0 rings (SSSR count). The minimum Gasteiger partial charge on any atom is -0.444 e. The normalized spacial score (nSPS) is 15.9. The lowest BCUT2D eigenvalue weighted by Gasteiger charge is -2.24. The Morgan fingerprint density at radius 1 is 1.50 bits per heavy atom. The van der Waals surface area contributed by atoms with Crippen molar-refractivity contribution in [3.63, 3.8) is 0 Å². The van der Waals surface area contributed by atoms with Gasteiger partial charge in [0.05, 0.1) is 12.1 Å². The van der Waals surface area contributed by atoms with Crippen LogP contribution in [0, 0.1) is 0 Å². The second-order valence-corrected chi connectivity index (χ2v) is 4.40. The minimum atomic E-state index is -0.562. The average molecular weight is 203 g/mol. The number of amides is 1. The molecule has 0 saturated carbocycles. The first kappa shape index (κ1) is 13.2. The van der Waals surface area contributed by atoms with Gasteiger partial charge in [0, 0.05) is 0 Å². The fourth-order valence-electron chi connectivity index (χ4n) is 1.02. The van der Waals surface area contributed by atoms with Crippen molar-refractivity contribution in [3.8, 4) is 0 Å². The van der Waals surface area contributed by atoms with Crippen molar-refractivity contribution in [2.75, 3.05) is 0 Å². The molecule has 0 aromatic carbocycles. The molecule has 2 atom stereocenters. The number of hydrogen-bond donors (Lipinski definition) is 2. The van der Waals surface area contributed by atoms with Crippen LogP contribution in [-0.4, -0.2) is 28.9 Å². The summed E-state index contributed by atoms with van der Waals surface area (Å²) < 4.78 is 5.06. The second-order valence-electron chi connectivity index (χ2n) is 4.40. The van der Waals surface area contributed by atoms with Gasteiger partial charge in [-0.2, -0.15) is 0 Å². The maximum atomic E-state index is 11.3. The van der Waals surface area contributed by atoms with Crippen LogP contribution in [0.15, 0.2) is 0 Å². The van der Waals surface area contributed by atoms with Crippen molar-refractivity contribution >= 4 is 6.09 Å². The Bertz CT molecular complexity index is 184. The van der Waals surface area contributed by atoms with Gasteiger partial charge in [0.15, 0.2) is 0 Å². The van der Waals surface area contributed by atoms with Crippen LogP contribution in [0.25, 0.3) is 0 Å². The van der Waals surface area contributed by atoms with Crippen LogP contribution < -0.4 is 5.32 Å². The number of nitrogens with one attached hydrogen (secondary N) is 1. The van der Waals surface area contributed by atoms with Gasteiger partial charge in [0.2, 0.25) is 0 Å². The molecule has 4 heteroatoms. The van der Waals surface area contributed by atoms with E-state index in [0.29, 0.717) is 6.42 Å². The number of carbonyl (C=O) groups excluding carboxylic acids is 1. The lowest BCUT2D eigenvalue weighted by atomic mass is 10.1. The molecule has 0 saturated heterocycles. The van der Waals surface area contributed by atoms with E-state index in [2.05, 4.69) is 5.32 Å². The van der Waals surface area contributed by atoms with Crippen LogP contribution >= 0.6 is 0 Å². The quantitative estimate of drug-likeness (QED) is 0.733. The Morgan fingerprint density at radius 2 is 2.00 bits per heavy atom. The molecule has 0 aliphatic heterocycles. The van der Waals surface area contributed by atoms with E-state index in [9.17, 15) is 9.90 Å². The lowest BCUT2D eigenvalue weighted by Crippen LogP contribution is -2.44. The predicted octanol–water partition coefficient (Wildman–Crippen LogP) is 1.67. The molecule has 0 fully saturated rings. The van der Waals surface area contributed by atoms with Gasteiger partial charge in [-0.1, -0.05) is 6.92 Å². The zero-order valence-electron chi connectivity index (χ0n) is 9.63. The molecule has 14 heavy (non-hydrogen) atoms. The lowest BCUT2D eigenvalue weighted by molar-refractivity contribution is 0.0434. The molecule has 4 nitrogen and oxygen atoms in total. The monoisotopic (exact) mass is 203 g/mol. The van der Waals surface area contributed by atoms with E-state index in [4.69, 9.17) is 4.74 Å². The topological polar surface area (TPSA) is 58.6 Å². The number of rotatable bonds is 3. The summed E-state index contributed by atoms with van der Waals surface area (Å²) in [7, 11) is 0. The summed E-state index contributed by atoms with van der Waals surface area (Å²) in [5.74, 6) is 0. The highest BCUT2D eigenvalue weighted by Crippen LogP contribution is 2.07. The highest BCUT2D eigenvalue weighted by Gasteiger charge is 2.20. The van der Waals surface area contributed by atoms with Crippen molar-refractivity contribution in [2.24, 2.45) is 0 Å². The molecule has 0 radical (unpaired) electrons. The Balaban J connectivity index is 4.04. The van der Waals surface area contributed by atoms with Crippen molar-refractivity contribution in [3.05, 3.63) is 0 Å². The largest absolute Gasteiger partial charge is 0.444 e.